The van der Waals surface area contributed by atoms with Crippen LogP contribution in [-0.2, 0) is 16.1 Å². The third-order valence-electron chi connectivity index (χ3n) is 1.83. The third-order valence-corrected chi connectivity index (χ3v) is 1.83. The van der Waals surface area contributed by atoms with Gasteiger partial charge in [-0.3, -0.25) is 0 Å². The molecule has 4 heteroatoms. The Bertz CT molecular complexity index is 371. The van der Waals surface area contributed by atoms with Gasteiger partial charge in [-0.25, -0.2) is 4.79 Å². The van der Waals surface area contributed by atoms with Gasteiger partial charge in [0.05, 0.1) is 0 Å². The molecular formula is C12H15NO3. The van der Waals surface area contributed by atoms with Crippen molar-refractivity contribution < 1.29 is 14.7 Å². The lowest BCUT2D eigenvalue weighted by atomic mass is 10.1. The van der Waals surface area contributed by atoms with Crippen LogP contribution in [0.2, 0.25) is 0 Å². The molecule has 0 radical (unpaired) electrons. The molecule has 86 valence electrons. The summed E-state index contributed by atoms with van der Waals surface area (Å²) in [5, 5.41) is 12.6. The molecule has 0 aliphatic carbocycles. The van der Waals surface area contributed by atoms with Crippen LogP contribution in [-0.4, -0.2) is 22.9 Å². The van der Waals surface area contributed by atoms with Crippen molar-refractivity contribution in [3.8, 4) is 0 Å². The zero-order chi connectivity index (χ0) is 12.0. The highest BCUT2D eigenvalue weighted by Crippen LogP contribution is 2.02. The predicted molar refractivity (Wildman–Crippen MR) is 61.4 cm³/mol. The Morgan fingerprint density at radius 1 is 1.38 bits per heavy atom. The van der Waals surface area contributed by atoms with Gasteiger partial charge in [0.25, 0.3) is 0 Å². The summed E-state index contributed by atoms with van der Waals surface area (Å²) in [5.41, 5.74) is 0.913. The first kappa shape index (κ1) is 12.2. The second-order valence-corrected chi connectivity index (χ2v) is 3.66. The largest absolute Gasteiger partial charge is 0.477 e. The molecule has 0 aromatic heterocycles. The highest BCUT2D eigenvalue weighted by molar-refractivity contribution is 6.35. The number of aliphatic carboxylic acids is 1. The minimum Gasteiger partial charge on any atom is -0.477 e. The number of carboxylic acid groups (broad SMARTS) is 1. The van der Waals surface area contributed by atoms with Crippen LogP contribution >= 0.6 is 0 Å². The Balaban J connectivity index is 2.73. The summed E-state index contributed by atoms with van der Waals surface area (Å²) < 4.78 is 0. The highest BCUT2D eigenvalue weighted by atomic mass is 16.6. The van der Waals surface area contributed by atoms with E-state index in [-0.39, 0.29) is 18.2 Å². The molecule has 0 atom stereocenters. The molecule has 1 N–H and O–H groups in total. The summed E-state index contributed by atoms with van der Waals surface area (Å²) in [4.78, 5) is 15.9. The number of nitrogens with zero attached hydrogens (tertiary/aromatic N) is 1. The maximum absolute atomic E-state index is 10.9. The van der Waals surface area contributed by atoms with Gasteiger partial charge >= 0.3 is 5.97 Å². The highest BCUT2D eigenvalue weighted by Gasteiger charge is 2.11. The first-order chi connectivity index (χ1) is 7.59. The van der Waals surface area contributed by atoms with Crippen LogP contribution < -0.4 is 0 Å². The van der Waals surface area contributed by atoms with Crippen molar-refractivity contribution in [1.82, 2.24) is 0 Å². The van der Waals surface area contributed by atoms with E-state index in [1.807, 2.05) is 30.3 Å². The van der Waals surface area contributed by atoms with E-state index in [9.17, 15) is 4.79 Å². The van der Waals surface area contributed by atoms with Crippen LogP contribution in [0.15, 0.2) is 35.5 Å². The average Bonchev–Trinajstić information content (AvgIpc) is 2.25. The van der Waals surface area contributed by atoms with E-state index in [2.05, 4.69) is 5.16 Å². The Labute approximate surface area is 94.5 Å². The Morgan fingerprint density at radius 3 is 2.50 bits per heavy atom. The Kier molecular flexibility index (Phi) is 4.51. The van der Waals surface area contributed by atoms with Gasteiger partial charge in [-0.15, -0.1) is 0 Å². The van der Waals surface area contributed by atoms with E-state index < -0.39 is 5.97 Å². The summed E-state index contributed by atoms with van der Waals surface area (Å²) in [6, 6.07) is 9.31. The zero-order valence-corrected chi connectivity index (χ0v) is 9.38. The van der Waals surface area contributed by atoms with Crippen LogP contribution in [0.5, 0.6) is 0 Å². The van der Waals surface area contributed by atoms with E-state index in [4.69, 9.17) is 9.94 Å². The number of hydrogen-bond acceptors (Lipinski definition) is 3. The van der Waals surface area contributed by atoms with E-state index in [1.54, 1.807) is 13.8 Å². The fraction of sp³-hybridized carbons (Fsp3) is 0.333. The molecule has 1 aromatic rings. The second kappa shape index (κ2) is 5.90. The molecule has 4 nitrogen and oxygen atoms in total. The lowest BCUT2D eigenvalue weighted by Gasteiger charge is -2.05. The first-order valence-corrected chi connectivity index (χ1v) is 5.09. The molecule has 0 heterocycles. The van der Waals surface area contributed by atoms with Crippen molar-refractivity contribution in [2.24, 2.45) is 5.16 Å². The lowest BCUT2D eigenvalue weighted by molar-refractivity contribution is -0.129. The molecule has 0 aliphatic rings. The van der Waals surface area contributed by atoms with Gasteiger partial charge in [-0.2, -0.15) is 0 Å². The molecule has 0 aliphatic heterocycles. The maximum atomic E-state index is 10.9. The van der Waals surface area contributed by atoms with Crippen molar-refractivity contribution in [3.63, 3.8) is 0 Å². The molecule has 0 amide bonds. The first-order valence-electron chi connectivity index (χ1n) is 5.09. The smallest absolute Gasteiger partial charge is 0.354 e. The van der Waals surface area contributed by atoms with Crippen LogP contribution in [0.4, 0.5) is 0 Å². The fourth-order valence-corrected chi connectivity index (χ4v) is 1.11. The predicted octanol–water partition coefficient (Wildman–Crippen LogP) is 2.09. The number of rotatable bonds is 5. The van der Waals surface area contributed by atoms with E-state index in [0.29, 0.717) is 0 Å². The third kappa shape index (κ3) is 4.13. The number of oxime groups is 1. The number of benzene rings is 1. The molecule has 0 saturated carbocycles. The zero-order valence-electron chi connectivity index (χ0n) is 9.38. The van der Waals surface area contributed by atoms with Gasteiger partial charge in [0.15, 0.2) is 5.71 Å². The van der Waals surface area contributed by atoms with Gasteiger partial charge in [0.2, 0.25) is 0 Å². The molecule has 0 unspecified atom stereocenters. The number of carboxylic acids is 1. The molecule has 1 aromatic carbocycles. The topological polar surface area (TPSA) is 58.9 Å². The van der Waals surface area contributed by atoms with Gasteiger partial charge in [0, 0.05) is 6.42 Å². The Morgan fingerprint density at radius 2 is 2.00 bits per heavy atom. The standard InChI is InChI=1S/C12H15NO3/c1-9(2)16-13-11(12(14)15)8-10-6-4-3-5-7-10/h3-7,9H,8H2,1-2H3,(H,14,15). The van der Waals surface area contributed by atoms with Crippen molar-refractivity contribution >= 4 is 11.7 Å². The summed E-state index contributed by atoms with van der Waals surface area (Å²) in [6.45, 7) is 3.59. The van der Waals surface area contributed by atoms with Gasteiger partial charge in [0.1, 0.15) is 6.10 Å². The minimum absolute atomic E-state index is 0.0138. The fourth-order valence-electron chi connectivity index (χ4n) is 1.11. The van der Waals surface area contributed by atoms with Crippen LogP contribution in [0.1, 0.15) is 19.4 Å². The number of carbonyl (C=O) groups is 1. The molecule has 1 rings (SSSR count). The van der Waals surface area contributed by atoms with Gasteiger partial charge in [-0.1, -0.05) is 35.5 Å². The van der Waals surface area contributed by atoms with Gasteiger partial charge in [-0.05, 0) is 19.4 Å². The average molecular weight is 221 g/mol. The maximum Gasteiger partial charge on any atom is 0.354 e. The van der Waals surface area contributed by atoms with E-state index >= 15 is 0 Å². The summed E-state index contributed by atoms with van der Waals surface area (Å²) >= 11 is 0. The minimum atomic E-state index is -1.05. The molecule has 16 heavy (non-hydrogen) atoms. The van der Waals surface area contributed by atoms with Gasteiger partial charge < -0.3 is 9.94 Å². The van der Waals surface area contributed by atoms with Crippen LogP contribution in [0.25, 0.3) is 0 Å². The van der Waals surface area contributed by atoms with E-state index in [0.717, 1.165) is 5.56 Å². The van der Waals surface area contributed by atoms with Crippen molar-refractivity contribution in [3.05, 3.63) is 35.9 Å². The normalized spacial score (nSPS) is 11.6. The molecule has 0 fully saturated rings. The SMILES string of the molecule is CC(C)ON=C(Cc1ccccc1)C(=O)O. The Hall–Kier alpha value is -1.84. The van der Waals surface area contributed by atoms with E-state index in [1.165, 1.54) is 0 Å². The second-order valence-electron chi connectivity index (χ2n) is 3.66. The molecular weight excluding hydrogens is 206 g/mol. The number of hydrogen-bond donors (Lipinski definition) is 1. The molecule has 0 spiro atoms. The van der Waals surface area contributed by atoms with Crippen molar-refractivity contribution in [2.75, 3.05) is 0 Å². The molecule has 0 bridgehead atoms. The lowest BCUT2D eigenvalue weighted by Crippen LogP contribution is -2.17. The summed E-state index contributed by atoms with van der Waals surface area (Å²) in [7, 11) is 0. The summed E-state index contributed by atoms with van der Waals surface area (Å²) in [6.07, 6.45) is 0.147. The van der Waals surface area contributed by atoms with Crippen molar-refractivity contribution in [2.45, 2.75) is 26.4 Å². The van der Waals surface area contributed by atoms with Crippen LogP contribution in [0.3, 0.4) is 0 Å². The van der Waals surface area contributed by atoms with Crippen molar-refractivity contribution in [1.29, 1.82) is 0 Å². The van der Waals surface area contributed by atoms with Crippen LogP contribution in [0, 0.1) is 0 Å². The summed E-state index contributed by atoms with van der Waals surface area (Å²) in [5.74, 6) is -1.05. The molecule has 0 saturated heterocycles. The quantitative estimate of drug-likeness (QED) is 0.611. The monoisotopic (exact) mass is 221 g/mol.